The van der Waals surface area contributed by atoms with Gasteiger partial charge in [-0.2, -0.15) is 0 Å². The van der Waals surface area contributed by atoms with Crippen LogP contribution in [-0.4, -0.2) is 0 Å². The number of aryl methyl sites for hydroxylation is 3. The Balaban J connectivity index is 1.10. The summed E-state index contributed by atoms with van der Waals surface area (Å²) in [5.41, 5.74) is 8.43. The minimum atomic E-state index is -0.146. The van der Waals surface area contributed by atoms with Crippen LogP contribution >= 0.6 is 0 Å². The molecule has 1 unspecified atom stereocenters. The minimum Gasteiger partial charge on any atom is -0.206 e. The van der Waals surface area contributed by atoms with Crippen molar-refractivity contribution in [3.05, 3.63) is 142 Å². The van der Waals surface area contributed by atoms with Crippen molar-refractivity contribution >= 4 is 12.2 Å². The van der Waals surface area contributed by atoms with Gasteiger partial charge in [-0.3, -0.25) is 0 Å². The van der Waals surface area contributed by atoms with Gasteiger partial charge in [0.25, 0.3) is 0 Å². The molecule has 5 rings (SSSR count). The van der Waals surface area contributed by atoms with E-state index in [4.69, 9.17) is 0 Å². The van der Waals surface area contributed by atoms with Gasteiger partial charge in [-0.05, 0) is 109 Å². The van der Waals surface area contributed by atoms with Gasteiger partial charge in [0.2, 0.25) is 0 Å². The first-order chi connectivity index (χ1) is 20.1. The molecule has 212 valence electrons. The largest absolute Gasteiger partial charge is 0.206 e. The summed E-state index contributed by atoms with van der Waals surface area (Å²) >= 11 is 0. The summed E-state index contributed by atoms with van der Waals surface area (Å²) in [5, 5.41) is 0. The van der Waals surface area contributed by atoms with E-state index in [0.29, 0.717) is 17.4 Å². The van der Waals surface area contributed by atoms with Crippen molar-refractivity contribution in [2.45, 2.75) is 83.5 Å². The molecule has 41 heavy (non-hydrogen) atoms. The number of rotatable bonds is 11. The fourth-order valence-electron chi connectivity index (χ4n) is 6.53. The van der Waals surface area contributed by atoms with Crippen LogP contribution in [0.4, 0.5) is 4.39 Å². The zero-order valence-electron chi connectivity index (χ0n) is 24.9. The van der Waals surface area contributed by atoms with E-state index in [0.717, 1.165) is 36.3 Å². The van der Waals surface area contributed by atoms with Crippen molar-refractivity contribution in [2.24, 2.45) is 5.92 Å². The Morgan fingerprint density at radius 3 is 2.00 bits per heavy atom. The second-order valence-electron chi connectivity index (χ2n) is 12.2. The van der Waals surface area contributed by atoms with E-state index < -0.39 is 0 Å². The van der Waals surface area contributed by atoms with Gasteiger partial charge in [0.15, 0.2) is 0 Å². The fraction of sp³-hybridized carbons (Fsp3) is 0.350. The van der Waals surface area contributed by atoms with Crippen molar-refractivity contribution in [2.75, 3.05) is 0 Å². The molecular formula is C40H45F. The summed E-state index contributed by atoms with van der Waals surface area (Å²) in [6, 6.07) is 34.4. The van der Waals surface area contributed by atoms with Gasteiger partial charge in [0.1, 0.15) is 5.82 Å². The lowest BCUT2D eigenvalue weighted by molar-refractivity contribution is 0.297. The first-order valence-electron chi connectivity index (χ1n) is 15.8. The maximum absolute atomic E-state index is 14.9. The lowest BCUT2D eigenvalue weighted by Crippen LogP contribution is -2.15. The second-order valence-corrected chi connectivity index (χ2v) is 12.2. The molecule has 1 fully saturated rings. The first kappa shape index (κ1) is 29.1. The molecule has 1 atom stereocenters. The number of hydrogen-bond donors (Lipinski definition) is 0. The van der Waals surface area contributed by atoms with Crippen LogP contribution in [0.15, 0.2) is 97.1 Å². The van der Waals surface area contributed by atoms with Crippen LogP contribution < -0.4 is 0 Å². The Kier molecular flexibility index (Phi) is 10.2. The summed E-state index contributed by atoms with van der Waals surface area (Å²) in [7, 11) is 0. The summed E-state index contributed by atoms with van der Waals surface area (Å²) in [6.07, 6.45) is 14.5. The van der Waals surface area contributed by atoms with Gasteiger partial charge in [0.05, 0.1) is 0 Å². The zero-order valence-corrected chi connectivity index (χ0v) is 24.9. The third-order valence-corrected chi connectivity index (χ3v) is 9.09. The predicted molar refractivity (Wildman–Crippen MR) is 174 cm³/mol. The van der Waals surface area contributed by atoms with Crippen LogP contribution in [0, 0.1) is 11.7 Å². The van der Waals surface area contributed by atoms with Crippen LogP contribution in [0.2, 0.25) is 0 Å². The average Bonchev–Trinajstić information content (AvgIpc) is 3.01. The van der Waals surface area contributed by atoms with Crippen molar-refractivity contribution in [1.82, 2.24) is 0 Å². The number of benzene rings is 4. The van der Waals surface area contributed by atoms with Crippen LogP contribution in [-0.2, 0) is 19.3 Å². The highest BCUT2D eigenvalue weighted by Gasteiger charge is 2.24. The van der Waals surface area contributed by atoms with Crippen LogP contribution in [0.3, 0.4) is 0 Å². The van der Waals surface area contributed by atoms with Crippen molar-refractivity contribution < 1.29 is 4.39 Å². The molecule has 1 aliphatic carbocycles. The van der Waals surface area contributed by atoms with E-state index in [-0.39, 0.29) is 5.82 Å². The molecule has 0 heterocycles. The molecule has 0 bridgehead atoms. The van der Waals surface area contributed by atoms with Gasteiger partial charge in [-0.1, -0.05) is 123 Å². The average molecular weight is 545 g/mol. The van der Waals surface area contributed by atoms with Gasteiger partial charge in [-0.15, -0.1) is 0 Å². The SMILES string of the molecule is CCCc1ccc(CCc2ccc(/C=C/c3ccc(C4CCC(CC(C)c5ccccc5)CC4)cc3)c(F)c2)cc1. The quantitative estimate of drug-likeness (QED) is 0.165. The molecule has 0 radical (unpaired) electrons. The van der Waals surface area contributed by atoms with Crippen molar-refractivity contribution in [3.8, 4) is 0 Å². The molecule has 0 nitrogen and oxygen atoms in total. The molecular weight excluding hydrogens is 499 g/mol. The molecule has 0 amide bonds. The molecule has 0 saturated heterocycles. The highest BCUT2D eigenvalue weighted by atomic mass is 19.1. The molecule has 0 spiro atoms. The van der Waals surface area contributed by atoms with E-state index in [1.165, 1.54) is 60.8 Å². The molecule has 4 aromatic carbocycles. The summed E-state index contributed by atoms with van der Waals surface area (Å²) in [6.45, 7) is 4.58. The van der Waals surface area contributed by atoms with E-state index in [1.54, 1.807) is 6.07 Å². The first-order valence-corrected chi connectivity index (χ1v) is 15.8. The monoisotopic (exact) mass is 544 g/mol. The van der Waals surface area contributed by atoms with Crippen LogP contribution in [0.1, 0.15) is 103 Å². The van der Waals surface area contributed by atoms with Crippen LogP contribution in [0.5, 0.6) is 0 Å². The Hall–Kier alpha value is -3.45. The lowest BCUT2D eigenvalue weighted by atomic mass is 9.75. The maximum Gasteiger partial charge on any atom is 0.130 e. The smallest absolute Gasteiger partial charge is 0.130 e. The lowest BCUT2D eigenvalue weighted by Gasteiger charge is -2.30. The van der Waals surface area contributed by atoms with Gasteiger partial charge >= 0.3 is 0 Å². The Morgan fingerprint density at radius 1 is 0.707 bits per heavy atom. The molecule has 1 aliphatic rings. The Labute approximate surface area is 247 Å². The molecule has 0 aromatic heterocycles. The molecule has 1 saturated carbocycles. The predicted octanol–water partition coefficient (Wildman–Crippen LogP) is 11.2. The summed E-state index contributed by atoms with van der Waals surface area (Å²) in [5.74, 6) is 1.99. The number of halogens is 1. The summed E-state index contributed by atoms with van der Waals surface area (Å²) < 4.78 is 14.9. The highest BCUT2D eigenvalue weighted by molar-refractivity contribution is 5.70. The normalized spacial score (nSPS) is 18.0. The Bertz CT molecular complexity index is 1370. The molecule has 0 aliphatic heterocycles. The molecule has 4 aromatic rings. The van der Waals surface area contributed by atoms with Gasteiger partial charge in [0, 0.05) is 5.56 Å². The van der Waals surface area contributed by atoms with Crippen molar-refractivity contribution in [1.29, 1.82) is 0 Å². The van der Waals surface area contributed by atoms with Gasteiger partial charge < -0.3 is 0 Å². The summed E-state index contributed by atoms with van der Waals surface area (Å²) in [4.78, 5) is 0. The van der Waals surface area contributed by atoms with E-state index in [1.807, 2.05) is 18.2 Å². The second kappa shape index (κ2) is 14.4. The topological polar surface area (TPSA) is 0 Å². The fourth-order valence-corrected chi connectivity index (χ4v) is 6.53. The Morgan fingerprint density at radius 2 is 1.34 bits per heavy atom. The van der Waals surface area contributed by atoms with E-state index in [2.05, 4.69) is 98.8 Å². The standard InChI is InChI=1S/C40H45F/c1-3-7-31-10-12-32(13-11-31)14-15-35-21-27-39(40(41)29-35)26-18-33-16-22-37(23-17-33)38-24-19-34(20-25-38)28-30(2)36-8-5-4-6-9-36/h4-6,8-13,16-18,21-23,26-27,29-30,34,38H,3,7,14-15,19-20,24-25,28H2,1-2H3/b26-18+. The van der Waals surface area contributed by atoms with Crippen LogP contribution in [0.25, 0.3) is 12.2 Å². The minimum absolute atomic E-state index is 0.146. The molecule has 1 heteroatoms. The maximum atomic E-state index is 14.9. The number of hydrogen-bond acceptors (Lipinski definition) is 0. The molecule has 0 N–H and O–H groups in total. The van der Waals surface area contributed by atoms with Gasteiger partial charge in [-0.25, -0.2) is 4.39 Å². The highest BCUT2D eigenvalue weighted by Crippen LogP contribution is 2.39. The van der Waals surface area contributed by atoms with Crippen molar-refractivity contribution in [3.63, 3.8) is 0 Å². The van der Waals surface area contributed by atoms with E-state index in [9.17, 15) is 4.39 Å². The van der Waals surface area contributed by atoms with E-state index >= 15 is 0 Å². The third-order valence-electron chi connectivity index (χ3n) is 9.09. The third kappa shape index (κ3) is 8.29. The zero-order chi connectivity index (χ0) is 28.4.